The highest BCUT2D eigenvalue weighted by molar-refractivity contribution is 6.02. The average molecular weight is 400 g/mol. The summed E-state index contributed by atoms with van der Waals surface area (Å²) in [7, 11) is 0. The van der Waals surface area contributed by atoms with Gasteiger partial charge in [-0.15, -0.1) is 0 Å². The molecule has 0 saturated heterocycles. The van der Waals surface area contributed by atoms with E-state index in [1.165, 1.54) is 30.3 Å². The van der Waals surface area contributed by atoms with Gasteiger partial charge in [0.15, 0.2) is 5.78 Å². The highest BCUT2D eigenvalue weighted by Crippen LogP contribution is 2.17. The van der Waals surface area contributed by atoms with Crippen LogP contribution in [0.3, 0.4) is 0 Å². The van der Waals surface area contributed by atoms with Crippen LogP contribution < -0.4 is 5.84 Å². The first-order chi connectivity index (χ1) is 13.6. The summed E-state index contributed by atoms with van der Waals surface area (Å²) < 4.78 is 0. The second kappa shape index (κ2) is 10.6. The van der Waals surface area contributed by atoms with Crippen LogP contribution in [0.5, 0.6) is 0 Å². The van der Waals surface area contributed by atoms with Crippen molar-refractivity contribution < 1.29 is 14.6 Å². The van der Waals surface area contributed by atoms with Crippen LogP contribution in [-0.4, -0.2) is 21.3 Å². The number of nitrogens with two attached hydrogens (primary N) is 1. The summed E-state index contributed by atoms with van der Waals surface area (Å²) in [6, 6.07) is 12.1. The third-order valence-electron chi connectivity index (χ3n) is 3.90. The van der Waals surface area contributed by atoms with Gasteiger partial charge in [0.1, 0.15) is 0 Å². The smallest absolute Gasteiger partial charge is 0.270 e. The first kappa shape index (κ1) is 23.4. The molecule has 0 saturated carbocycles. The van der Waals surface area contributed by atoms with Crippen molar-refractivity contribution in [1.82, 2.24) is 0 Å². The first-order valence-electron chi connectivity index (χ1n) is 8.89. The van der Waals surface area contributed by atoms with Crippen molar-refractivity contribution in [3.63, 3.8) is 0 Å². The zero-order chi connectivity index (χ0) is 22.1. The standard InChI is InChI=1S/C10H13N3O2.C10H11NO3/c1-7(2)10(12-11)8-4-3-5-9(6-8)13(14)15;1-7(2)10(12)8-4-3-5-9(6-8)11(13)14/h3-7H,11H2,1-2H3;3-7H,1-2H3/b12-10+;. The van der Waals surface area contributed by atoms with Gasteiger partial charge in [0.25, 0.3) is 11.4 Å². The summed E-state index contributed by atoms with van der Waals surface area (Å²) >= 11 is 0. The quantitative estimate of drug-likeness (QED) is 0.251. The molecule has 0 aliphatic heterocycles. The van der Waals surface area contributed by atoms with Crippen molar-refractivity contribution >= 4 is 22.9 Å². The molecule has 0 atom stereocenters. The molecule has 0 aliphatic rings. The van der Waals surface area contributed by atoms with E-state index in [0.29, 0.717) is 16.8 Å². The molecule has 0 unspecified atom stereocenters. The van der Waals surface area contributed by atoms with Crippen molar-refractivity contribution in [2.24, 2.45) is 22.8 Å². The molecule has 0 aromatic heterocycles. The molecule has 2 N–H and O–H groups in total. The normalized spacial score (nSPS) is 11.0. The number of nitrogens with zero attached hydrogens (tertiary/aromatic N) is 3. The molecule has 0 bridgehead atoms. The highest BCUT2D eigenvalue weighted by atomic mass is 16.6. The lowest BCUT2D eigenvalue weighted by atomic mass is 10.00. The van der Waals surface area contributed by atoms with Crippen LogP contribution in [0, 0.1) is 32.1 Å². The Bertz CT molecular complexity index is 923. The molecule has 0 fully saturated rings. The van der Waals surface area contributed by atoms with E-state index in [-0.39, 0.29) is 29.0 Å². The minimum Gasteiger partial charge on any atom is -0.323 e. The SMILES string of the molecule is CC(C)/C(=N\N)c1cccc([N+](=O)[O-])c1.CC(C)C(=O)c1cccc([N+](=O)[O-])c1. The Morgan fingerprint density at radius 2 is 1.31 bits per heavy atom. The van der Waals surface area contributed by atoms with E-state index >= 15 is 0 Å². The van der Waals surface area contributed by atoms with E-state index in [9.17, 15) is 25.0 Å². The van der Waals surface area contributed by atoms with Gasteiger partial charge >= 0.3 is 0 Å². The molecule has 0 radical (unpaired) electrons. The Kier molecular flexibility index (Phi) is 8.60. The Hall–Kier alpha value is -3.62. The van der Waals surface area contributed by atoms with Crippen molar-refractivity contribution in [2.75, 3.05) is 0 Å². The van der Waals surface area contributed by atoms with Crippen molar-refractivity contribution in [2.45, 2.75) is 27.7 Å². The lowest BCUT2D eigenvalue weighted by Gasteiger charge is -2.08. The number of carbonyl (C=O) groups is 1. The fourth-order valence-electron chi connectivity index (χ4n) is 2.44. The van der Waals surface area contributed by atoms with Crippen LogP contribution in [-0.2, 0) is 0 Å². The van der Waals surface area contributed by atoms with Crippen LogP contribution >= 0.6 is 0 Å². The van der Waals surface area contributed by atoms with Gasteiger partial charge in [0.2, 0.25) is 0 Å². The number of rotatable bonds is 6. The molecule has 0 amide bonds. The van der Waals surface area contributed by atoms with E-state index < -0.39 is 9.85 Å². The lowest BCUT2D eigenvalue weighted by molar-refractivity contribution is -0.385. The maximum Gasteiger partial charge on any atom is 0.270 e. The number of benzene rings is 2. The average Bonchev–Trinajstić information content (AvgIpc) is 2.68. The number of carbonyl (C=O) groups excluding carboxylic acids is 1. The van der Waals surface area contributed by atoms with E-state index in [4.69, 9.17) is 5.84 Å². The van der Waals surface area contributed by atoms with Crippen molar-refractivity contribution in [1.29, 1.82) is 0 Å². The van der Waals surface area contributed by atoms with Gasteiger partial charge in [-0.05, 0) is 5.92 Å². The largest absolute Gasteiger partial charge is 0.323 e. The maximum absolute atomic E-state index is 11.5. The van der Waals surface area contributed by atoms with Gasteiger partial charge in [0.05, 0.1) is 15.6 Å². The number of hydrogen-bond acceptors (Lipinski definition) is 7. The van der Waals surface area contributed by atoms with Crippen LogP contribution in [0.4, 0.5) is 11.4 Å². The molecular formula is C20H24N4O5. The predicted molar refractivity (Wildman–Crippen MR) is 111 cm³/mol. The summed E-state index contributed by atoms with van der Waals surface area (Å²) in [6.07, 6.45) is 0. The van der Waals surface area contributed by atoms with Gasteiger partial charge in [0, 0.05) is 41.3 Å². The van der Waals surface area contributed by atoms with E-state index in [1.807, 2.05) is 13.8 Å². The topological polar surface area (TPSA) is 142 Å². The number of nitro benzene ring substituents is 2. The molecule has 9 nitrogen and oxygen atoms in total. The monoisotopic (exact) mass is 400 g/mol. The summed E-state index contributed by atoms with van der Waals surface area (Å²) in [6.45, 7) is 7.40. The van der Waals surface area contributed by atoms with Gasteiger partial charge in [-0.1, -0.05) is 52.0 Å². The van der Waals surface area contributed by atoms with Gasteiger partial charge < -0.3 is 5.84 Å². The minimum absolute atomic E-state index is 0.0449. The third kappa shape index (κ3) is 6.80. The van der Waals surface area contributed by atoms with Crippen molar-refractivity contribution in [3.05, 3.63) is 79.9 Å². The van der Waals surface area contributed by atoms with Crippen LogP contribution in [0.25, 0.3) is 0 Å². The highest BCUT2D eigenvalue weighted by Gasteiger charge is 2.14. The molecule has 29 heavy (non-hydrogen) atoms. The zero-order valence-corrected chi connectivity index (χ0v) is 16.7. The van der Waals surface area contributed by atoms with Gasteiger partial charge in [-0.2, -0.15) is 5.10 Å². The van der Waals surface area contributed by atoms with E-state index in [1.54, 1.807) is 32.0 Å². The molecule has 154 valence electrons. The van der Waals surface area contributed by atoms with E-state index in [2.05, 4.69) is 5.10 Å². The van der Waals surface area contributed by atoms with Crippen LogP contribution in [0.1, 0.15) is 43.6 Å². The number of ketones is 1. The molecule has 9 heteroatoms. The summed E-state index contributed by atoms with van der Waals surface area (Å²) in [5, 5.41) is 24.7. The number of nitro groups is 2. The second-order valence-electron chi connectivity index (χ2n) is 6.80. The number of non-ortho nitro benzene ring substituents is 2. The Morgan fingerprint density at radius 1 is 0.862 bits per heavy atom. The fourth-order valence-corrected chi connectivity index (χ4v) is 2.44. The van der Waals surface area contributed by atoms with Crippen molar-refractivity contribution in [3.8, 4) is 0 Å². The summed E-state index contributed by atoms with van der Waals surface area (Å²) in [5.74, 6) is 5.17. The van der Waals surface area contributed by atoms with Crippen LogP contribution in [0.15, 0.2) is 53.6 Å². The zero-order valence-electron chi connectivity index (χ0n) is 16.7. The van der Waals surface area contributed by atoms with Gasteiger partial charge in [-0.25, -0.2) is 0 Å². The van der Waals surface area contributed by atoms with E-state index in [0.717, 1.165) is 0 Å². The summed E-state index contributed by atoms with van der Waals surface area (Å²) in [5.41, 5.74) is 1.76. The molecule has 2 aromatic rings. The summed E-state index contributed by atoms with van der Waals surface area (Å²) in [4.78, 5) is 31.6. The number of hydrogen-bond donors (Lipinski definition) is 1. The molecular weight excluding hydrogens is 376 g/mol. The number of hydrazone groups is 1. The first-order valence-corrected chi connectivity index (χ1v) is 8.89. The lowest BCUT2D eigenvalue weighted by Crippen LogP contribution is -2.12. The second-order valence-corrected chi connectivity index (χ2v) is 6.80. The van der Waals surface area contributed by atoms with Gasteiger partial charge in [-0.3, -0.25) is 25.0 Å². The Balaban J connectivity index is 0.000000291. The Labute approximate surface area is 168 Å². The van der Waals surface area contributed by atoms with Crippen LogP contribution in [0.2, 0.25) is 0 Å². The Morgan fingerprint density at radius 3 is 1.69 bits per heavy atom. The third-order valence-corrected chi connectivity index (χ3v) is 3.90. The predicted octanol–water partition coefficient (Wildman–Crippen LogP) is 4.35. The molecule has 2 aromatic carbocycles. The molecule has 0 spiro atoms. The number of Topliss-reactive ketones (excluding diaryl/α,β-unsaturated/α-hetero) is 1. The fraction of sp³-hybridized carbons (Fsp3) is 0.300. The molecule has 2 rings (SSSR count). The molecule has 0 aliphatic carbocycles. The molecule has 0 heterocycles. The maximum atomic E-state index is 11.5. The minimum atomic E-state index is -0.503.